The first-order valence-corrected chi connectivity index (χ1v) is 5.14. The van der Waals surface area contributed by atoms with Gasteiger partial charge < -0.3 is 9.90 Å². The normalized spacial score (nSPS) is 12.5. The van der Waals surface area contributed by atoms with Crippen molar-refractivity contribution in [3.8, 4) is 5.75 Å². The molecule has 0 aliphatic rings. The fourth-order valence-electron chi connectivity index (χ4n) is 1.24. The molecule has 0 spiro atoms. The van der Waals surface area contributed by atoms with E-state index < -0.39 is 0 Å². The van der Waals surface area contributed by atoms with Gasteiger partial charge >= 0.3 is 0 Å². The van der Waals surface area contributed by atoms with Gasteiger partial charge in [-0.15, -0.1) is 0 Å². The van der Waals surface area contributed by atoms with Crippen LogP contribution in [-0.4, -0.2) is 11.4 Å². The fourth-order valence-corrected chi connectivity index (χ4v) is 1.85. The molecule has 0 aliphatic heterocycles. The van der Waals surface area contributed by atoms with Gasteiger partial charge in [0.25, 0.3) is 0 Å². The van der Waals surface area contributed by atoms with Crippen molar-refractivity contribution < 1.29 is 9.90 Å². The third kappa shape index (κ3) is 2.10. The van der Waals surface area contributed by atoms with Crippen molar-refractivity contribution in [1.82, 2.24) is 0 Å². The minimum atomic E-state index is -0.167. The van der Waals surface area contributed by atoms with Crippen molar-refractivity contribution in [3.05, 3.63) is 29.3 Å². The summed E-state index contributed by atoms with van der Waals surface area (Å²) in [7, 11) is 0. The largest absolute Gasteiger partial charge is 0.508 e. The standard InChI is InChI=1S/C10H11BrO2/c1-7(6-12)8-3-2-4-10(13)9(8)5-11/h2-4,6-7,13H,5H2,1H3. The smallest absolute Gasteiger partial charge is 0.127 e. The number of carbonyl (C=O) groups is 1. The van der Waals surface area contributed by atoms with Crippen LogP contribution in [0.5, 0.6) is 5.75 Å². The SMILES string of the molecule is CC(C=O)c1cccc(O)c1CBr. The first-order chi connectivity index (χ1) is 6.20. The molecule has 1 unspecified atom stereocenters. The molecule has 1 aromatic carbocycles. The van der Waals surface area contributed by atoms with Crippen molar-refractivity contribution >= 4 is 22.2 Å². The average molecular weight is 243 g/mol. The Bertz CT molecular complexity index is 310. The van der Waals surface area contributed by atoms with Gasteiger partial charge in [-0.2, -0.15) is 0 Å². The Morgan fingerprint density at radius 1 is 1.62 bits per heavy atom. The van der Waals surface area contributed by atoms with Crippen LogP contribution in [0.25, 0.3) is 0 Å². The molecule has 0 aromatic heterocycles. The number of aldehydes is 1. The van der Waals surface area contributed by atoms with E-state index in [1.165, 1.54) is 0 Å². The van der Waals surface area contributed by atoms with Crippen LogP contribution in [0.4, 0.5) is 0 Å². The third-order valence-electron chi connectivity index (χ3n) is 2.02. The summed E-state index contributed by atoms with van der Waals surface area (Å²) in [6.07, 6.45) is 0.876. The van der Waals surface area contributed by atoms with Crippen molar-refractivity contribution in [3.63, 3.8) is 0 Å². The van der Waals surface area contributed by atoms with E-state index in [9.17, 15) is 9.90 Å². The Labute approximate surface area is 85.7 Å². The number of alkyl halides is 1. The lowest BCUT2D eigenvalue weighted by Gasteiger charge is -2.10. The molecule has 0 saturated carbocycles. The second kappa shape index (κ2) is 4.42. The zero-order valence-electron chi connectivity index (χ0n) is 7.33. The number of carbonyl (C=O) groups excluding carboxylic acids is 1. The number of rotatable bonds is 3. The fraction of sp³-hybridized carbons (Fsp3) is 0.300. The minimum Gasteiger partial charge on any atom is -0.508 e. The lowest BCUT2D eigenvalue weighted by atomic mass is 9.97. The van der Waals surface area contributed by atoms with E-state index in [1.807, 2.05) is 13.0 Å². The van der Waals surface area contributed by atoms with Gasteiger partial charge in [-0.05, 0) is 11.6 Å². The Morgan fingerprint density at radius 2 is 2.31 bits per heavy atom. The first-order valence-electron chi connectivity index (χ1n) is 4.02. The van der Waals surface area contributed by atoms with E-state index in [4.69, 9.17) is 0 Å². The maximum absolute atomic E-state index is 10.6. The van der Waals surface area contributed by atoms with Crippen molar-refractivity contribution in [2.75, 3.05) is 0 Å². The van der Waals surface area contributed by atoms with Gasteiger partial charge in [-0.1, -0.05) is 35.0 Å². The van der Waals surface area contributed by atoms with Crippen LogP contribution in [0, 0.1) is 0 Å². The molecular formula is C10H11BrO2. The van der Waals surface area contributed by atoms with Crippen molar-refractivity contribution in [1.29, 1.82) is 0 Å². The third-order valence-corrected chi connectivity index (χ3v) is 2.58. The molecule has 0 fully saturated rings. The number of halogens is 1. The number of hydrogen-bond acceptors (Lipinski definition) is 2. The molecule has 0 heterocycles. The summed E-state index contributed by atoms with van der Waals surface area (Å²) in [6, 6.07) is 5.23. The second-order valence-electron chi connectivity index (χ2n) is 2.90. The van der Waals surface area contributed by atoms with Crippen LogP contribution in [-0.2, 0) is 10.1 Å². The predicted octanol–water partition coefficient (Wildman–Crippen LogP) is 2.59. The van der Waals surface area contributed by atoms with E-state index in [2.05, 4.69) is 15.9 Å². The lowest BCUT2D eigenvalue weighted by Crippen LogP contribution is -1.98. The van der Waals surface area contributed by atoms with E-state index >= 15 is 0 Å². The molecule has 0 amide bonds. The molecule has 1 rings (SSSR count). The highest BCUT2D eigenvalue weighted by Crippen LogP contribution is 2.28. The van der Waals surface area contributed by atoms with Gasteiger partial charge in [0.15, 0.2) is 0 Å². The summed E-state index contributed by atoms with van der Waals surface area (Å²) in [6.45, 7) is 1.81. The van der Waals surface area contributed by atoms with E-state index in [-0.39, 0.29) is 11.7 Å². The van der Waals surface area contributed by atoms with Gasteiger partial charge in [-0.25, -0.2) is 0 Å². The number of aromatic hydroxyl groups is 1. The Morgan fingerprint density at radius 3 is 2.85 bits per heavy atom. The number of benzene rings is 1. The maximum Gasteiger partial charge on any atom is 0.127 e. The van der Waals surface area contributed by atoms with Crippen molar-refractivity contribution in [2.24, 2.45) is 0 Å². The predicted molar refractivity (Wildman–Crippen MR) is 55.2 cm³/mol. The maximum atomic E-state index is 10.6. The number of phenolic OH excluding ortho intramolecular Hbond substituents is 1. The molecule has 1 atom stereocenters. The topological polar surface area (TPSA) is 37.3 Å². The lowest BCUT2D eigenvalue weighted by molar-refractivity contribution is -0.108. The van der Waals surface area contributed by atoms with E-state index in [1.54, 1.807) is 12.1 Å². The highest BCUT2D eigenvalue weighted by Gasteiger charge is 2.11. The summed E-state index contributed by atoms with van der Waals surface area (Å²) in [5, 5.41) is 10.1. The van der Waals surface area contributed by atoms with Crippen LogP contribution in [0.15, 0.2) is 18.2 Å². The summed E-state index contributed by atoms with van der Waals surface area (Å²) >= 11 is 3.28. The minimum absolute atomic E-state index is 0.167. The summed E-state index contributed by atoms with van der Waals surface area (Å²) in [5.74, 6) is 0.0720. The molecule has 1 aromatic rings. The molecule has 3 heteroatoms. The van der Waals surface area contributed by atoms with Crippen LogP contribution in [0.1, 0.15) is 24.0 Å². The molecule has 0 aliphatic carbocycles. The zero-order valence-corrected chi connectivity index (χ0v) is 8.91. The summed E-state index contributed by atoms with van der Waals surface area (Å²) in [4.78, 5) is 10.6. The summed E-state index contributed by atoms with van der Waals surface area (Å²) in [5.41, 5.74) is 1.67. The number of phenols is 1. The van der Waals surface area contributed by atoms with Gasteiger partial charge in [0.2, 0.25) is 0 Å². The van der Waals surface area contributed by atoms with Crippen LogP contribution >= 0.6 is 15.9 Å². The average Bonchev–Trinajstić information content (AvgIpc) is 2.16. The molecule has 0 radical (unpaired) electrons. The Hall–Kier alpha value is -0.830. The van der Waals surface area contributed by atoms with Crippen molar-refractivity contribution in [2.45, 2.75) is 18.2 Å². The van der Waals surface area contributed by atoms with Gasteiger partial charge in [-0.3, -0.25) is 0 Å². The molecular weight excluding hydrogens is 232 g/mol. The highest BCUT2D eigenvalue weighted by atomic mass is 79.9. The second-order valence-corrected chi connectivity index (χ2v) is 3.46. The molecule has 70 valence electrons. The molecule has 1 N–H and O–H groups in total. The monoisotopic (exact) mass is 242 g/mol. The molecule has 0 saturated heterocycles. The van der Waals surface area contributed by atoms with Gasteiger partial charge in [0.05, 0.1) is 0 Å². The number of hydrogen-bond donors (Lipinski definition) is 1. The Balaban J connectivity index is 3.19. The molecule has 0 bridgehead atoms. The Kier molecular flexibility index (Phi) is 3.48. The van der Waals surface area contributed by atoms with E-state index in [0.717, 1.165) is 17.4 Å². The molecule has 2 nitrogen and oxygen atoms in total. The van der Waals surface area contributed by atoms with Gasteiger partial charge in [0, 0.05) is 16.8 Å². The van der Waals surface area contributed by atoms with E-state index in [0.29, 0.717) is 5.33 Å². The molecule has 13 heavy (non-hydrogen) atoms. The van der Waals surface area contributed by atoms with Crippen LogP contribution in [0.2, 0.25) is 0 Å². The van der Waals surface area contributed by atoms with Crippen LogP contribution in [0.3, 0.4) is 0 Å². The summed E-state index contributed by atoms with van der Waals surface area (Å²) < 4.78 is 0. The van der Waals surface area contributed by atoms with Gasteiger partial charge in [0.1, 0.15) is 12.0 Å². The van der Waals surface area contributed by atoms with Crippen LogP contribution < -0.4 is 0 Å². The zero-order chi connectivity index (χ0) is 9.84. The quantitative estimate of drug-likeness (QED) is 0.654. The highest BCUT2D eigenvalue weighted by molar-refractivity contribution is 9.08. The first kappa shape index (κ1) is 10.3.